The summed E-state index contributed by atoms with van der Waals surface area (Å²) < 4.78 is 0. The zero-order chi connectivity index (χ0) is 14.7. The van der Waals surface area contributed by atoms with Crippen LogP contribution < -0.4 is 11.1 Å². The Morgan fingerprint density at radius 3 is 2.52 bits per heavy atom. The van der Waals surface area contributed by atoms with Crippen LogP contribution in [0.5, 0.6) is 0 Å². The molecule has 2 aromatic carbocycles. The third-order valence-corrected chi connectivity index (χ3v) is 3.57. The number of thiocarbonyl (C=S) groups is 1. The van der Waals surface area contributed by atoms with Crippen LogP contribution in [0.2, 0.25) is 0 Å². The maximum absolute atomic E-state index is 5.83. The third kappa shape index (κ3) is 2.85. The molecule has 0 saturated carbocycles. The van der Waals surface area contributed by atoms with Gasteiger partial charge in [0, 0.05) is 18.1 Å². The summed E-state index contributed by atoms with van der Waals surface area (Å²) in [5.74, 6) is 0. The number of nitrogens with one attached hydrogen (secondary N) is 1. The number of para-hydroxylation sites is 1. The first-order chi connectivity index (χ1) is 10.3. The largest absolute Gasteiger partial charge is 0.389 e. The lowest BCUT2D eigenvalue weighted by atomic mass is 10.1. The Bertz CT molecular complexity index is 784. The molecule has 4 heteroatoms. The van der Waals surface area contributed by atoms with Crippen LogP contribution in [-0.4, -0.2) is 9.97 Å². The highest BCUT2D eigenvalue weighted by atomic mass is 32.1. The van der Waals surface area contributed by atoms with Gasteiger partial charge in [0.1, 0.15) is 4.99 Å². The molecule has 104 valence electrons. The van der Waals surface area contributed by atoms with Crippen molar-refractivity contribution in [2.75, 3.05) is 5.32 Å². The van der Waals surface area contributed by atoms with Gasteiger partial charge in [0.05, 0.1) is 16.8 Å². The molecule has 0 aliphatic rings. The van der Waals surface area contributed by atoms with Gasteiger partial charge >= 0.3 is 0 Å². The maximum Gasteiger partial charge on any atom is 0.107 e. The zero-order valence-electron chi connectivity index (χ0n) is 11.4. The summed E-state index contributed by atoms with van der Waals surface area (Å²) in [7, 11) is 0. The van der Waals surface area contributed by atoms with Crippen molar-refractivity contribution < 1.29 is 0 Å². The SMILES string of the molecule is NC(=S)c1cnc2ccccc2c1NCc1ccccc1. The zero-order valence-corrected chi connectivity index (χ0v) is 12.2. The first-order valence-electron chi connectivity index (χ1n) is 6.71. The van der Waals surface area contributed by atoms with Crippen LogP contribution in [-0.2, 0) is 6.54 Å². The van der Waals surface area contributed by atoms with Crippen LogP contribution in [0.1, 0.15) is 11.1 Å². The molecular weight excluding hydrogens is 278 g/mol. The third-order valence-electron chi connectivity index (χ3n) is 3.35. The number of pyridine rings is 1. The van der Waals surface area contributed by atoms with Crippen LogP contribution in [0.4, 0.5) is 5.69 Å². The van der Waals surface area contributed by atoms with Crippen LogP contribution in [0.15, 0.2) is 60.8 Å². The Labute approximate surface area is 128 Å². The molecule has 0 fully saturated rings. The van der Waals surface area contributed by atoms with Crippen molar-refractivity contribution in [1.29, 1.82) is 0 Å². The molecule has 21 heavy (non-hydrogen) atoms. The molecule has 1 aromatic heterocycles. The van der Waals surface area contributed by atoms with Gasteiger partial charge in [0.15, 0.2) is 0 Å². The average molecular weight is 293 g/mol. The minimum absolute atomic E-state index is 0.351. The molecule has 0 bridgehead atoms. The summed E-state index contributed by atoms with van der Waals surface area (Å²) in [6.45, 7) is 0.713. The predicted octanol–water partition coefficient (Wildman–Crippen LogP) is 3.48. The van der Waals surface area contributed by atoms with Crippen LogP contribution in [0.25, 0.3) is 10.9 Å². The lowest BCUT2D eigenvalue weighted by Gasteiger charge is -2.14. The molecular formula is C17H15N3S. The number of hydrogen-bond acceptors (Lipinski definition) is 3. The second-order valence-corrected chi connectivity index (χ2v) is 5.21. The molecule has 1 heterocycles. The number of rotatable bonds is 4. The first kappa shape index (κ1) is 13.5. The highest BCUT2D eigenvalue weighted by Gasteiger charge is 2.10. The second-order valence-electron chi connectivity index (χ2n) is 4.77. The van der Waals surface area contributed by atoms with Crippen LogP contribution in [0.3, 0.4) is 0 Å². The van der Waals surface area contributed by atoms with E-state index in [1.807, 2.05) is 42.5 Å². The van der Waals surface area contributed by atoms with Crippen molar-refractivity contribution in [2.45, 2.75) is 6.54 Å². The molecule has 0 aliphatic heterocycles. The first-order valence-corrected chi connectivity index (χ1v) is 7.12. The van der Waals surface area contributed by atoms with Crippen molar-refractivity contribution >= 4 is 33.8 Å². The highest BCUT2D eigenvalue weighted by molar-refractivity contribution is 7.80. The van der Waals surface area contributed by atoms with Gasteiger partial charge in [0.25, 0.3) is 0 Å². The van der Waals surface area contributed by atoms with Crippen molar-refractivity contribution in [2.24, 2.45) is 5.73 Å². The van der Waals surface area contributed by atoms with Crippen molar-refractivity contribution in [3.63, 3.8) is 0 Å². The van der Waals surface area contributed by atoms with E-state index in [0.29, 0.717) is 11.5 Å². The van der Waals surface area contributed by atoms with E-state index in [1.165, 1.54) is 5.56 Å². The summed E-state index contributed by atoms with van der Waals surface area (Å²) in [6, 6.07) is 18.2. The van der Waals surface area contributed by atoms with Gasteiger partial charge in [-0.3, -0.25) is 4.98 Å². The summed E-state index contributed by atoms with van der Waals surface area (Å²) >= 11 is 5.14. The van der Waals surface area contributed by atoms with Crippen LogP contribution >= 0.6 is 12.2 Å². The van der Waals surface area contributed by atoms with E-state index >= 15 is 0 Å². The van der Waals surface area contributed by atoms with Gasteiger partial charge < -0.3 is 11.1 Å². The molecule has 0 unspecified atom stereocenters. The number of anilines is 1. The fourth-order valence-corrected chi connectivity index (χ4v) is 2.46. The molecule has 0 amide bonds. The minimum atomic E-state index is 0.351. The number of hydrogen-bond donors (Lipinski definition) is 2. The molecule has 3 aromatic rings. The Morgan fingerprint density at radius 2 is 1.76 bits per heavy atom. The lowest BCUT2D eigenvalue weighted by molar-refractivity contribution is 1.15. The van der Waals surface area contributed by atoms with Gasteiger partial charge in [0.2, 0.25) is 0 Å². The van der Waals surface area contributed by atoms with Crippen LogP contribution in [0, 0.1) is 0 Å². The van der Waals surface area contributed by atoms with Gasteiger partial charge in [-0.25, -0.2) is 0 Å². The Kier molecular flexibility index (Phi) is 3.79. The number of benzene rings is 2. The van der Waals surface area contributed by atoms with Gasteiger partial charge in [-0.05, 0) is 11.6 Å². The predicted molar refractivity (Wildman–Crippen MR) is 91.4 cm³/mol. The monoisotopic (exact) mass is 293 g/mol. The summed E-state index contributed by atoms with van der Waals surface area (Å²) in [6.07, 6.45) is 1.73. The minimum Gasteiger partial charge on any atom is -0.389 e. The normalized spacial score (nSPS) is 10.5. The van der Waals surface area contributed by atoms with E-state index in [1.54, 1.807) is 6.20 Å². The average Bonchev–Trinajstić information content (AvgIpc) is 2.53. The smallest absolute Gasteiger partial charge is 0.107 e. The van der Waals surface area contributed by atoms with Gasteiger partial charge in [-0.2, -0.15) is 0 Å². The number of aromatic nitrogens is 1. The van der Waals surface area contributed by atoms with Gasteiger partial charge in [-0.1, -0.05) is 60.7 Å². The molecule has 3 rings (SSSR count). The van der Waals surface area contributed by atoms with Gasteiger partial charge in [-0.15, -0.1) is 0 Å². The Hall–Kier alpha value is -2.46. The lowest BCUT2D eigenvalue weighted by Crippen LogP contribution is -2.14. The van der Waals surface area contributed by atoms with E-state index in [4.69, 9.17) is 18.0 Å². The molecule has 0 aliphatic carbocycles. The molecule has 3 nitrogen and oxygen atoms in total. The fourth-order valence-electron chi connectivity index (χ4n) is 2.30. The number of nitrogens with zero attached hydrogens (tertiary/aromatic N) is 1. The molecule has 0 atom stereocenters. The van der Waals surface area contributed by atoms with Crippen molar-refractivity contribution in [1.82, 2.24) is 4.98 Å². The molecule has 0 saturated heterocycles. The number of nitrogens with two attached hydrogens (primary N) is 1. The van der Waals surface area contributed by atoms with E-state index in [2.05, 4.69) is 22.4 Å². The van der Waals surface area contributed by atoms with E-state index in [9.17, 15) is 0 Å². The Morgan fingerprint density at radius 1 is 1.05 bits per heavy atom. The Balaban J connectivity index is 2.02. The fraction of sp³-hybridized carbons (Fsp3) is 0.0588. The second kappa shape index (κ2) is 5.89. The highest BCUT2D eigenvalue weighted by Crippen LogP contribution is 2.26. The van der Waals surface area contributed by atoms with Crippen molar-refractivity contribution in [3.05, 3.63) is 71.9 Å². The number of fused-ring (bicyclic) bond motifs is 1. The summed E-state index contributed by atoms with van der Waals surface area (Å²) in [5.41, 5.74) is 9.67. The molecule has 0 spiro atoms. The topological polar surface area (TPSA) is 50.9 Å². The standard InChI is InChI=1S/C17H15N3S/c18-17(21)14-11-19-15-9-5-4-8-13(15)16(14)20-10-12-6-2-1-3-7-12/h1-9,11H,10H2,(H2,18,21)(H,19,20). The van der Waals surface area contributed by atoms with Crippen molar-refractivity contribution in [3.8, 4) is 0 Å². The quantitative estimate of drug-likeness (QED) is 0.723. The van der Waals surface area contributed by atoms with E-state index in [0.717, 1.165) is 22.2 Å². The summed E-state index contributed by atoms with van der Waals surface area (Å²) in [4.78, 5) is 4.76. The summed E-state index contributed by atoms with van der Waals surface area (Å²) in [5, 5.41) is 4.47. The van der Waals surface area contributed by atoms with E-state index in [-0.39, 0.29) is 0 Å². The maximum atomic E-state index is 5.83. The molecule has 3 N–H and O–H groups in total. The molecule has 0 radical (unpaired) electrons. The van der Waals surface area contributed by atoms with E-state index < -0.39 is 0 Å².